The standard InChI is InChI=1S/C9H13BO/c1-10(11)8-7-9-5-3-2-4-6-9/h2-6,11H,7-8H2,1H3. The fraction of sp³-hybridized carbons (Fsp3) is 0.333. The van der Waals surface area contributed by atoms with Gasteiger partial charge in [0.1, 0.15) is 0 Å². The molecule has 0 atom stereocenters. The third-order valence-electron chi connectivity index (χ3n) is 1.69. The van der Waals surface area contributed by atoms with Gasteiger partial charge in [0.25, 0.3) is 6.92 Å². The molecule has 0 fully saturated rings. The highest BCUT2D eigenvalue weighted by molar-refractivity contribution is 6.48. The Bertz CT molecular complexity index is 196. The van der Waals surface area contributed by atoms with Crippen LogP contribution in [0.2, 0.25) is 13.1 Å². The summed E-state index contributed by atoms with van der Waals surface area (Å²) < 4.78 is 0. The lowest BCUT2D eigenvalue weighted by atomic mass is 9.67. The van der Waals surface area contributed by atoms with Crippen molar-refractivity contribution in [3.05, 3.63) is 35.9 Å². The molecular weight excluding hydrogens is 135 g/mol. The molecule has 1 aromatic carbocycles. The summed E-state index contributed by atoms with van der Waals surface area (Å²) in [5.74, 6) is 0. The number of aryl methyl sites for hydroxylation is 1. The normalized spacial score (nSPS) is 9.64. The van der Waals surface area contributed by atoms with Gasteiger partial charge < -0.3 is 5.02 Å². The molecule has 0 aliphatic carbocycles. The van der Waals surface area contributed by atoms with Crippen molar-refractivity contribution in [3.63, 3.8) is 0 Å². The first kappa shape index (κ1) is 8.34. The van der Waals surface area contributed by atoms with Crippen molar-refractivity contribution in [2.24, 2.45) is 0 Å². The van der Waals surface area contributed by atoms with E-state index < -0.39 is 0 Å². The lowest BCUT2D eigenvalue weighted by Gasteiger charge is -1.99. The van der Waals surface area contributed by atoms with Gasteiger partial charge in [-0.25, -0.2) is 0 Å². The maximum atomic E-state index is 9.01. The van der Waals surface area contributed by atoms with E-state index in [9.17, 15) is 0 Å². The molecule has 1 N–H and O–H groups in total. The van der Waals surface area contributed by atoms with Crippen molar-refractivity contribution in [3.8, 4) is 0 Å². The van der Waals surface area contributed by atoms with Gasteiger partial charge in [0.05, 0.1) is 0 Å². The van der Waals surface area contributed by atoms with Gasteiger partial charge >= 0.3 is 0 Å². The molecule has 0 aliphatic heterocycles. The summed E-state index contributed by atoms with van der Waals surface area (Å²) in [5.41, 5.74) is 1.30. The van der Waals surface area contributed by atoms with Crippen LogP contribution < -0.4 is 0 Å². The highest BCUT2D eigenvalue weighted by Gasteiger charge is 2.01. The molecule has 0 spiro atoms. The third kappa shape index (κ3) is 3.24. The summed E-state index contributed by atoms with van der Waals surface area (Å²) in [7, 11) is 0. The molecule has 1 nitrogen and oxygen atoms in total. The average Bonchev–Trinajstić information content (AvgIpc) is 2.03. The number of hydrogen-bond acceptors (Lipinski definition) is 1. The molecule has 0 radical (unpaired) electrons. The van der Waals surface area contributed by atoms with E-state index in [-0.39, 0.29) is 6.92 Å². The van der Waals surface area contributed by atoms with Gasteiger partial charge in [0.2, 0.25) is 0 Å². The summed E-state index contributed by atoms with van der Waals surface area (Å²) in [6.45, 7) is 1.64. The van der Waals surface area contributed by atoms with Crippen LogP contribution in [0.25, 0.3) is 0 Å². The Morgan fingerprint density at radius 3 is 2.45 bits per heavy atom. The molecule has 1 aromatic rings. The smallest absolute Gasteiger partial charge is 0.286 e. The van der Waals surface area contributed by atoms with E-state index in [0.717, 1.165) is 12.7 Å². The SMILES string of the molecule is CB(O)CCc1ccccc1. The largest absolute Gasteiger partial charge is 0.451 e. The molecule has 0 aromatic heterocycles. The van der Waals surface area contributed by atoms with Crippen LogP contribution in [-0.4, -0.2) is 11.9 Å². The van der Waals surface area contributed by atoms with Gasteiger partial charge in [0.15, 0.2) is 0 Å². The Kier molecular flexibility index (Phi) is 3.18. The summed E-state index contributed by atoms with van der Waals surface area (Å²) in [6.07, 6.45) is 1.82. The first-order valence-electron chi connectivity index (χ1n) is 4.01. The summed E-state index contributed by atoms with van der Waals surface area (Å²) >= 11 is 0. The molecule has 0 aliphatic rings. The van der Waals surface area contributed by atoms with Gasteiger partial charge in [-0.1, -0.05) is 37.2 Å². The first-order chi connectivity index (χ1) is 5.29. The van der Waals surface area contributed by atoms with Crippen molar-refractivity contribution in [1.29, 1.82) is 0 Å². The van der Waals surface area contributed by atoms with Gasteiger partial charge in [-0.3, -0.25) is 0 Å². The minimum Gasteiger partial charge on any atom is -0.451 e. The highest BCUT2D eigenvalue weighted by atomic mass is 16.2. The molecule has 0 saturated heterocycles. The zero-order valence-corrected chi connectivity index (χ0v) is 6.83. The van der Waals surface area contributed by atoms with Crippen molar-refractivity contribution in [1.82, 2.24) is 0 Å². The fourth-order valence-corrected chi connectivity index (χ4v) is 1.02. The topological polar surface area (TPSA) is 20.2 Å². The van der Waals surface area contributed by atoms with Crippen LogP contribution in [0, 0.1) is 0 Å². The Labute approximate surface area is 68.2 Å². The minimum atomic E-state index is -0.185. The number of benzene rings is 1. The predicted octanol–water partition coefficient (Wildman–Crippen LogP) is 1.84. The molecular formula is C9H13BO. The van der Waals surface area contributed by atoms with E-state index in [2.05, 4.69) is 12.1 Å². The second kappa shape index (κ2) is 4.19. The fourth-order valence-electron chi connectivity index (χ4n) is 1.02. The maximum absolute atomic E-state index is 9.01. The molecule has 11 heavy (non-hydrogen) atoms. The molecule has 58 valence electrons. The first-order valence-corrected chi connectivity index (χ1v) is 4.01. The van der Waals surface area contributed by atoms with Crippen LogP contribution in [0.15, 0.2) is 30.3 Å². The molecule has 0 amide bonds. The van der Waals surface area contributed by atoms with Crippen molar-refractivity contribution < 1.29 is 5.02 Å². The zero-order valence-electron chi connectivity index (χ0n) is 6.83. The molecule has 2 heteroatoms. The highest BCUT2D eigenvalue weighted by Crippen LogP contribution is 2.03. The van der Waals surface area contributed by atoms with E-state index in [4.69, 9.17) is 5.02 Å². The van der Waals surface area contributed by atoms with E-state index in [1.165, 1.54) is 5.56 Å². The van der Waals surface area contributed by atoms with E-state index in [1.54, 1.807) is 0 Å². The van der Waals surface area contributed by atoms with Crippen molar-refractivity contribution in [2.45, 2.75) is 19.6 Å². The second-order valence-electron chi connectivity index (χ2n) is 2.87. The lowest BCUT2D eigenvalue weighted by Crippen LogP contribution is -2.05. The van der Waals surface area contributed by atoms with Gasteiger partial charge in [-0.2, -0.15) is 0 Å². The number of rotatable bonds is 3. The van der Waals surface area contributed by atoms with Crippen molar-refractivity contribution in [2.75, 3.05) is 0 Å². The maximum Gasteiger partial charge on any atom is 0.286 e. The predicted molar refractivity (Wildman–Crippen MR) is 48.8 cm³/mol. The summed E-state index contributed by atoms with van der Waals surface area (Å²) in [5, 5.41) is 9.01. The number of hydrogen-bond donors (Lipinski definition) is 1. The molecule has 0 saturated carbocycles. The van der Waals surface area contributed by atoms with Crippen LogP contribution in [0.1, 0.15) is 5.56 Å². The molecule has 0 heterocycles. The summed E-state index contributed by atoms with van der Waals surface area (Å²) in [4.78, 5) is 0. The second-order valence-corrected chi connectivity index (χ2v) is 2.87. The van der Waals surface area contributed by atoms with Crippen LogP contribution in [-0.2, 0) is 6.42 Å². The van der Waals surface area contributed by atoms with Gasteiger partial charge in [-0.05, 0) is 18.3 Å². The monoisotopic (exact) mass is 148 g/mol. The molecule has 1 rings (SSSR count). The Balaban J connectivity index is 2.39. The minimum absolute atomic E-state index is 0.185. The van der Waals surface area contributed by atoms with E-state index in [0.29, 0.717) is 0 Å². The van der Waals surface area contributed by atoms with Crippen LogP contribution in [0.4, 0.5) is 0 Å². The lowest BCUT2D eigenvalue weighted by molar-refractivity contribution is 0.575. The quantitative estimate of drug-likeness (QED) is 0.648. The Hall–Kier alpha value is -0.755. The molecule has 0 bridgehead atoms. The van der Waals surface area contributed by atoms with E-state index >= 15 is 0 Å². The van der Waals surface area contributed by atoms with Gasteiger partial charge in [-0.15, -0.1) is 0 Å². The summed E-state index contributed by atoms with van der Waals surface area (Å²) in [6, 6.07) is 10.2. The zero-order chi connectivity index (χ0) is 8.10. The third-order valence-corrected chi connectivity index (χ3v) is 1.69. The average molecular weight is 148 g/mol. The van der Waals surface area contributed by atoms with E-state index in [1.807, 2.05) is 25.0 Å². The Morgan fingerprint density at radius 2 is 1.91 bits per heavy atom. The molecule has 0 unspecified atom stereocenters. The van der Waals surface area contributed by atoms with Crippen LogP contribution >= 0.6 is 0 Å². The van der Waals surface area contributed by atoms with Gasteiger partial charge in [0, 0.05) is 0 Å². The van der Waals surface area contributed by atoms with Crippen LogP contribution in [0.5, 0.6) is 0 Å². The Morgan fingerprint density at radius 1 is 1.27 bits per heavy atom. The van der Waals surface area contributed by atoms with Crippen LogP contribution in [0.3, 0.4) is 0 Å². The van der Waals surface area contributed by atoms with Crippen molar-refractivity contribution >= 4 is 6.92 Å².